The number of rotatable bonds is 2. The SMILES string of the molecule is BC(O)CCC. The zero-order chi connectivity index (χ0) is 4.99. The monoisotopic (exact) mass is 86.1 g/mol. The summed E-state index contributed by atoms with van der Waals surface area (Å²) in [5.74, 6) is 0. The molecular formula is C4H11BO. The topological polar surface area (TPSA) is 20.2 Å². The van der Waals surface area contributed by atoms with Crippen LogP contribution in [0.15, 0.2) is 0 Å². The summed E-state index contributed by atoms with van der Waals surface area (Å²) >= 11 is 0. The van der Waals surface area contributed by atoms with Crippen LogP contribution in [0.5, 0.6) is 0 Å². The molecule has 0 saturated heterocycles. The largest absolute Gasteiger partial charge is 0.402 e. The zero-order valence-corrected chi connectivity index (χ0v) is 4.44. The molecule has 1 nitrogen and oxygen atoms in total. The van der Waals surface area contributed by atoms with Gasteiger partial charge in [-0.05, 0) is 6.42 Å². The summed E-state index contributed by atoms with van der Waals surface area (Å²) in [4.78, 5) is 0. The minimum Gasteiger partial charge on any atom is -0.402 e. The number of hydrogen-bond acceptors (Lipinski definition) is 1. The average Bonchev–Trinajstić information content (AvgIpc) is 1.35. The first-order valence-corrected chi connectivity index (χ1v) is 2.45. The van der Waals surface area contributed by atoms with Crippen molar-refractivity contribution >= 4 is 7.85 Å². The Kier molecular flexibility index (Phi) is 3.24. The van der Waals surface area contributed by atoms with Crippen molar-refractivity contribution in [3.63, 3.8) is 0 Å². The lowest BCUT2D eigenvalue weighted by atomic mass is 9.96. The molecule has 0 fully saturated rings. The van der Waals surface area contributed by atoms with Crippen molar-refractivity contribution in [2.24, 2.45) is 0 Å². The quantitative estimate of drug-likeness (QED) is 0.459. The van der Waals surface area contributed by atoms with Gasteiger partial charge in [-0.3, -0.25) is 0 Å². The molecule has 1 N–H and O–H groups in total. The summed E-state index contributed by atoms with van der Waals surface area (Å²) in [5.41, 5.74) is 0. The number of aliphatic hydroxyl groups excluding tert-OH is 1. The lowest BCUT2D eigenvalue weighted by Gasteiger charge is -1.95. The Morgan fingerprint density at radius 2 is 2.33 bits per heavy atom. The molecule has 1 atom stereocenters. The first kappa shape index (κ1) is 6.02. The van der Waals surface area contributed by atoms with Crippen LogP contribution in [-0.2, 0) is 0 Å². The first-order chi connectivity index (χ1) is 2.77. The molecule has 0 saturated carbocycles. The highest BCUT2D eigenvalue weighted by atomic mass is 16.3. The summed E-state index contributed by atoms with van der Waals surface area (Å²) in [5, 5.41) is 8.55. The van der Waals surface area contributed by atoms with Gasteiger partial charge in [0.1, 0.15) is 7.85 Å². The highest BCUT2D eigenvalue weighted by Crippen LogP contribution is 1.87. The van der Waals surface area contributed by atoms with Crippen molar-refractivity contribution in [1.82, 2.24) is 0 Å². The van der Waals surface area contributed by atoms with E-state index in [1.165, 1.54) is 0 Å². The zero-order valence-electron chi connectivity index (χ0n) is 4.44. The molecule has 0 radical (unpaired) electrons. The lowest BCUT2D eigenvalue weighted by molar-refractivity contribution is 0.244. The van der Waals surface area contributed by atoms with E-state index in [-0.39, 0.29) is 6.00 Å². The van der Waals surface area contributed by atoms with Crippen LogP contribution in [0.2, 0.25) is 0 Å². The van der Waals surface area contributed by atoms with Crippen molar-refractivity contribution in [3.8, 4) is 0 Å². The van der Waals surface area contributed by atoms with E-state index < -0.39 is 0 Å². The predicted octanol–water partition coefficient (Wildman–Crippen LogP) is -0.262. The maximum Gasteiger partial charge on any atom is 0.138 e. The highest BCUT2D eigenvalue weighted by Gasteiger charge is 1.87. The Balaban J connectivity index is 2.63. The number of hydrogen-bond donors (Lipinski definition) is 1. The molecule has 0 aromatic rings. The normalized spacial score (nSPS) is 14.3. The summed E-state index contributed by atoms with van der Waals surface area (Å²) in [6.45, 7) is 2.06. The Bertz CT molecular complexity index is 28.7. The maximum absolute atomic E-state index is 8.55. The minimum atomic E-state index is -0.102. The molecule has 1 unspecified atom stereocenters. The van der Waals surface area contributed by atoms with E-state index in [2.05, 4.69) is 6.92 Å². The molecule has 0 aromatic heterocycles. The molecule has 0 aliphatic carbocycles. The third-order valence-corrected chi connectivity index (χ3v) is 0.706. The predicted molar refractivity (Wildman–Crippen MR) is 29.5 cm³/mol. The molecule has 0 rings (SSSR count). The van der Waals surface area contributed by atoms with Crippen LogP contribution in [0.4, 0.5) is 0 Å². The molecule has 0 heterocycles. The summed E-state index contributed by atoms with van der Waals surface area (Å²) in [6.07, 6.45) is 2.01. The van der Waals surface area contributed by atoms with Crippen LogP contribution in [0.25, 0.3) is 0 Å². The van der Waals surface area contributed by atoms with Gasteiger partial charge in [0.25, 0.3) is 0 Å². The van der Waals surface area contributed by atoms with E-state index in [9.17, 15) is 0 Å². The Labute approximate surface area is 39.8 Å². The third-order valence-electron chi connectivity index (χ3n) is 0.706. The molecular weight excluding hydrogens is 74.9 g/mol. The van der Waals surface area contributed by atoms with Crippen LogP contribution in [-0.4, -0.2) is 19.0 Å². The molecule has 0 aliphatic heterocycles. The van der Waals surface area contributed by atoms with Gasteiger partial charge in [-0.25, -0.2) is 0 Å². The van der Waals surface area contributed by atoms with E-state index in [1.807, 2.05) is 7.85 Å². The molecule has 2 heteroatoms. The van der Waals surface area contributed by atoms with Gasteiger partial charge >= 0.3 is 0 Å². The fraction of sp³-hybridized carbons (Fsp3) is 1.00. The van der Waals surface area contributed by atoms with Crippen molar-refractivity contribution in [2.45, 2.75) is 25.8 Å². The van der Waals surface area contributed by atoms with Crippen molar-refractivity contribution in [3.05, 3.63) is 0 Å². The minimum absolute atomic E-state index is 0.102. The fourth-order valence-corrected chi connectivity index (χ4v) is 0.418. The molecule has 0 aromatic carbocycles. The van der Waals surface area contributed by atoms with Crippen LogP contribution in [0.1, 0.15) is 19.8 Å². The van der Waals surface area contributed by atoms with E-state index in [0.717, 1.165) is 12.8 Å². The van der Waals surface area contributed by atoms with Crippen LogP contribution >= 0.6 is 0 Å². The van der Waals surface area contributed by atoms with Crippen LogP contribution in [0.3, 0.4) is 0 Å². The van der Waals surface area contributed by atoms with Gasteiger partial charge in [-0.1, -0.05) is 13.3 Å². The Morgan fingerprint density at radius 3 is 2.33 bits per heavy atom. The van der Waals surface area contributed by atoms with E-state index >= 15 is 0 Å². The van der Waals surface area contributed by atoms with Gasteiger partial charge in [0.15, 0.2) is 0 Å². The molecule has 6 heavy (non-hydrogen) atoms. The van der Waals surface area contributed by atoms with Crippen LogP contribution < -0.4 is 0 Å². The van der Waals surface area contributed by atoms with Gasteiger partial charge in [0, 0.05) is 6.00 Å². The highest BCUT2D eigenvalue weighted by molar-refractivity contribution is 6.10. The lowest BCUT2D eigenvalue weighted by Crippen LogP contribution is -2.02. The fourth-order valence-electron chi connectivity index (χ4n) is 0.418. The average molecular weight is 85.9 g/mol. The van der Waals surface area contributed by atoms with Gasteiger partial charge < -0.3 is 5.11 Å². The Morgan fingerprint density at radius 1 is 1.83 bits per heavy atom. The van der Waals surface area contributed by atoms with E-state index in [1.54, 1.807) is 0 Å². The summed E-state index contributed by atoms with van der Waals surface area (Å²) < 4.78 is 0. The van der Waals surface area contributed by atoms with Crippen LogP contribution in [0, 0.1) is 0 Å². The maximum atomic E-state index is 8.55. The molecule has 0 bridgehead atoms. The standard InChI is InChI=1S/C4H11BO/c1-2-3-4(5)6/h4,6H,2-3,5H2,1H3. The first-order valence-electron chi connectivity index (χ1n) is 2.45. The van der Waals surface area contributed by atoms with Crippen molar-refractivity contribution in [2.75, 3.05) is 0 Å². The van der Waals surface area contributed by atoms with E-state index in [0.29, 0.717) is 0 Å². The van der Waals surface area contributed by atoms with Crippen molar-refractivity contribution < 1.29 is 5.11 Å². The smallest absolute Gasteiger partial charge is 0.138 e. The van der Waals surface area contributed by atoms with Gasteiger partial charge in [-0.15, -0.1) is 0 Å². The van der Waals surface area contributed by atoms with Gasteiger partial charge in [0.2, 0.25) is 0 Å². The molecule has 36 valence electrons. The van der Waals surface area contributed by atoms with Gasteiger partial charge in [0.05, 0.1) is 0 Å². The number of aliphatic hydroxyl groups is 1. The van der Waals surface area contributed by atoms with Gasteiger partial charge in [-0.2, -0.15) is 0 Å². The molecule has 0 spiro atoms. The molecule has 0 aliphatic rings. The second-order valence-corrected chi connectivity index (χ2v) is 1.64. The second-order valence-electron chi connectivity index (χ2n) is 1.64. The molecule has 0 amide bonds. The van der Waals surface area contributed by atoms with Crippen molar-refractivity contribution in [1.29, 1.82) is 0 Å². The summed E-state index contributed by atoms with van der Waals surface area (Å²) in [7, 11) is 1.81. The summed E-state index contributed by atoms with van der Waals surface area (Å²) in [6, 6.07) is -0.102. The third kappa shape index (κ3) is 4.02. The second kappa shape index (κ2) is 3.22. The Hall–Kier alpha value is 0.0249. The van der Waals surface area contributed by atoms with E-state index in [4.69, 9.17) is 5.11 Å².